The van der Waals surface area contributed by atoms with Crippen molar-refractivity contribution < 1.29 is 9.59 Å². The van der Waals surface area contributed by atoms with Gasteiger partial charge in [0.1, 0.15) is 12.1 Å². The minimum absolute atomic E-state index is 0.0169. The van der Waals surface area contributed by atoms with Crippen molar-refractivity contribution in [3.63, 3.8) is 0 Å². The summed E-state index contributed by atoms with van der Waals surface area (Å²) in [6.45, 7) is 8.44. The van der Waals surface area contributed by atoms with Crippen LogP contribution < -0.4 is 5.32 Å². The lowest BCUT2D eigenvalue weighted by molar-refractivity contribution is -0.153. The molecule has 1 aromatic rings. The fraction of sp³-hybridized carbons (Fsp3) is 0.667. The van der Waals surface area contributed by atoms with Gasteiger partial charge in [-0.25, -0.2) is 0 Å². The molecule has 1 N–H and O–H groups in total. The lowest BCUT2D eigenvalue weighted by atomic mass is 9.90. The molecule has 0 bridgehead atoms. The zero-order valence-electron chi connectivity index (χ0n) is 13.0. The van der Waals surface area contributed by atoms with E-state index >= 15 is 0 Å². The van der Waals surface area contributed by atoms with Gasteiger partial charge in [-0.1, -0.05) is 34.1 Å². The van der Waals surface area contributed by atoms with Crippen molar-refractivity contribution in [2.75, 3.05) is 0 Å². The smallest absolute Gasteiger partial charge is 0.246 e. The van der Waals surface area contributed by atoms with E-state index in [1.807, 2.05) is 27.7 Å². The lowest BCUT2D eigenvalue weighted by Gasteiger charge is -2.42. The summed E-state index contributed by atoms with van der Waals surface area (Å²) >= 11 is 1.51. The molecule has 0 saturated carbocycles. The Hall–Kier alpha value is -1.43. The highest BCUT2D eigenvalue weighted by molar-refractivity contribution is 7.09. The molecule has 21 heavy (non-hydrogen) atoms. The number of thiazole rings is 1. The van der Waals surface area contributed by atoms with Crippen LogP contribution >= 0.6 is 11.3 Å². The maximum absolute atomic E-state index is 12.8. The molecule has 116 valence electrons. The maximum atomic E-state index is 12.8. The minimum atomic E-state index is -0.425. The number of nitrogens with zero attached hydrogens (tertiary/aromatic N) is 2. The van der Waals surface area contributed by atoms with Gasteiger partial charge in [-0.2, -0.15) is 0 Å². The Bertz CT molecular complexity index is 501. The molecule has 3 unspecified atom stereocenters. The molecule has 2 amide bonds. The molecule has 2 heterocycles. The fourth-order valence-electron chi connectivity index (χ4n) is 2.66. The Labute approximate surface area is 129 Å². The van der Waals surface area contributed by atoms with E-state index in [4.69, 9.17) is 0 Å². The topological polar surface area (TPSA) is 62.3 Å². The molecule has 0 aromatic carbocycles. The van der Waals surface area contributed by atoms with E-state index in [1.54, 1.807) is 16.6 Å². The third kappa shape index (κ3) is 3.26. The van der Waals surface area contributed by atoms with Crippen LogP contribution in [0.2, 0.25) is 0 Å². The molecule has 1 aromatic heterocycles. The van der Waals surface area contributed by atoms with Crippen molar-refractivity contribution in [3.8, 4) is 0 Å². The van der Waals surface area contributed by atoms with Crippen molar-refractivity contribution in [1.82, 2.24) is 15.2 Å². The predicted octanol–water partition coefficient (Wildman–Crippen LogP) is 2.04. The molecule has 1 fully saturated rings. The average molecular weight is 309 g/mol. The molecule has 1 aliphatic rings. The van der Waals surface area contributed by atoms with Gasteiger partial charge in [-0.05, 0) is 11.8 Å². The number of carbonyl (C=O) groups excluding carboxylic acids is 2. The van der Waals surface area contributed by atoms with Gasteiger partial charge in [0.15, 0.2) is 0 Å². The van der Waals surface area contributed by atoms with Gasteiger partial charge < -0.3 is 10.2 Å². The molecule has 1 saturated heterocycles. The van der Waals surface area contributed by atoms with Gasteiger partial charge in [-0.3, -0.25) is 14.6 Å². The first-order chi connectivity index (χ1) is 9.95. The van der Waals surface area contributed by atoms with Gasteiger partial charge in [0.05, 0.1) is 12.1 Å². The van der Waals surface area contributed by atoms with Gasteiger partial charge in [0.2, 0.25) is 11.8 Å². The molecule has 1 aliphatic heterocycles. The Morgan fingerprint density at radius 2 is 2.10 bits per heavy atom. The fourth-order valence-corrected chi connectivity index (χ4v) is 3.26. The third-order valence-corrected chi connectivity index (χ3v) is 4.87. The number of piperazine rings is 1. The van der Waals surface area contributed by atoms with Crippen LogP contribution in [0.4, 0.5) is 0 Å². The number of carbonyl (C=O) groups is 2. The van der Waals surface area contributed by atoms with Crippen LogP contribution in [0.15, 0.2) is 11.7 Å². The van der Waals surface area contributed by atoms with Crippen molar-refractivity contribution in [2.45, 2.75) is 52.7 Å². The predicted molar refractivity (Wildman–Crippen MR) is 82.7 cm³/mol. The van der Waals surface area contributed by atoms with E-state index in [0.717, 1.165) is 11.3 Å². The minimum Gasteiger partial charge on any atom is -0.342 e. The molecule has 5 nitrogen and oxygen atoms in total. The SMILES string of the molecule is CCC(C)C1C(=O)NC(C(C)C)C(=O)N1Cc1cncs1. The van der Waals surface area contributed by atoms with E-state index in [9.17, 15) is 9.59 Å². The first-order valence-electron chi connectivity index (χ1n) is 7.43. The first-order valence-corrected chi connectivity index (χ1v) is 8.31. The lowest BCUT2D eigenvalue weighted by Crippen LogP contribution is -2.65. The Morgan fingerprint density at radius 1 is 1.38 bits per heavy atom. The van der Waals surface area contributed by atoms with E-state index in [-0.39, 0.29) is 29.7 Å². The number of hydrogen-bond acceptors (Lipinski definition) is 4. The molecule has 3 atom stereocenters. The second-order valence-electron chi connectivity index (χ2n) is 5.99. The van der Waals surface area contributed by atoms with Crippen LogP contribution in [-0.4, -0.2) is 33.8 Å². The molecule has 0 spiro atoms. The van der Waals surface area contributed by atoms with Gasteiger partial charge in [0.25, 0.3) is 0 Å². The van der Waals surface area contributed by atoms with E-state index in [2.05, 4.69) is 10.3 Å². The van der Waals surface area contributed by atoms with Crippen LogP contribution in [0.5, 0.6) is 0 Å². The van der Waals surface area contributed by atoms with Gasteiger partial charge >= 0.3 is 0 Å². The van der Waals surface area contributed by atoms with E-state index in [0.29, 0.717) is 6.54 Å². The van der Waals surface area contributed by atoms with Gasteiger partial charge in [-0.15, -0.1) is 11.3 Å². The molecule has 0 radical (unpaired) electrons. The number of amides is 2. The zero-order valence-corrected chi connectivity index (χ0v) is 13.8. The van der Waals surface area contributed by atoms with Crippen LogP contribution in [0, 0.1) is 11.8 Å². The summed E-state index contributed by atoms with van der Waals surface area (Å²) < 4.78 is 0. The van der Waals surface area contributed by atoms with Crippen molar-refractivity contribution >= 4 is 23.2 Å². The number of hydrogen-bond donors (Lipinski definition) is 1. The largest absolute Gasteiger partial charge is 0.342 e. The molecule has 0 aliphatic carbocycles. The highest BCUT2D eigenvalue weighted by Crippen LogP contribution is 2.25. The summed E-state index contributed by atoms with van der Waals surface area (Å²) in [6.07, 6.45) is 2.62. The van der Waals surface area contributed by atoms with Crippen LogP contribution in [0.1, 0.15) is 39.0 Å². The molecule has 6 heteroatoms. The number of aromatic nitrogens is 1. The Balaban J connectivity index is 2.30. The number of nitrogens with one attached hydrogen (secondary N) is 1. The number of rotatable bonds is 5. The summed E-state index contributed by atoms with van der Waals surface area (Å²) in [5.41, 5.74) is 1.75. The van der Waals surface area contributed by atoms with Crippen LogP contribution in [0.25, 0.3) is 0 Å². The van der Waals surface area contributed by atoms with Gasteiger partial charge in [0, 0.05) is 11.1 Å². The Morgan fingerprint density at radius 3 is 2.62 bits per heavy atom. The van der Waals surface area contributed by atoms with Crippen LogP contribution in [0.3, 0.4) is 0 Å². The third-order valence-electron chi connectivity index (χ3n) is 4.11. The quantitative estimate of drug-likeness (QED) is 0.905. The standard InChI is InChI=1S/C15H23N3O2S/c1-5-10(4)13-14(19)17-12(9(2)3)15(20)18(13)7-11-6-16-8-21-11/h6,8-10,12-13H,5,7H2,1-4H3,(H,17,19). The van der Waals surface area contributed by atoms with Crippen molar-refractivity contribution in [1.29, 1.82) is 0 Å². The highest BCUT2D eigenvalue weighted by Gasteiger charge is 2.43. The van der Waals surface area contributed by atoms with Crippen LogP contribution in [-0.2, 0) is 16.1 Å². The average Bonchev–Trinajstić information content (AvgIpc) is 2.94. The second-order valence-corrected chi connectivity index (χ2v) is 6.97. The normalized spacial score (nSPS) is 24.3. The molecular weight excluding hydrogens is 286 g/mol. The molecular formula is C15H23N3O2S. The Kier molecular flexibility index (Phi) is 4.98. The van der Waals surface area contributed by atoms with Crippen molar-refractivity contribution in [2.24, 2.45) is 11.8 Å². The summed E-state index contributed by atoms with van der Waals surface area (Å²) in [4.78, 5) is 32.0. The molecule has 2 rings (SSSR count). The van der Waals surface area contributed by atoms with E-state index in [1.165, 1.54) is 11.3 Å². The highest BCUT2D eigenvalue weighted by atomic mass is 32.1. The monoisotopic (exact) mass is 309 g/mol. The summed E-state index contributed by atoms with van der Waals surface area (Å²) in [7, 11) is 0. The summed E-state index contributed by atoms with van der Waals surface area (Å²) in [5, 5.41) is 2.90. The summed E-state index contributed by atoms with van der Waals surface area (Å²) in [5.74, 6) is 0.203. The first kappa shape index (κ1) is 15.9. The van der Waals surface area contributed by atoms with Crippen molar-refractivity contribution in [3.05, 3.63) is 16.6 Å². The summed E-state index contributed by atoms with van der Waals surface area (Å²) in [6, 6.07) is -0.815. The zero-order chi connectivity index (χ0) is 15.6. The maximum Gasteiger partial charge on any atom is 0.246 e. The second kappa shape index (κ2) is 6.56. The van der Waals surface area contributed by atoms with E-state index < -0.39 is 6.04 Å².